The highest BCUT2D eigenvalue weighted by atomic mass is 16.5. The Bertz CT molecular complexity index is 617. The van der Waals surface area contributed by atoms with Gasteiger partial charge >= 0.3 is 0 Å². The molecule has 2 aromatic heterocycles. The first-order valence-corrected chi connectivity index (χ1v) is 7.49. The standard InChI is InChI=1S/C15H22N4O2/c1-10(2)21-15-14-17-12(11-4-6-20-7-5-11)8-19(14)9-13(16-3)18-15/h8-11,16H,4-7H2,1-3H3. The van der Waals surface area contributed by atoms with Crippen molar-refractivity contribution in [2.45, 2.75) is 38.7 Å². The number of aromatic nitrogens is 3. The van der Waals surface area contributed by atoms with Crippen molar-refractivity contribution in [1.82, 2.24) is 14.4 Å². The molecule has 0 unspecified atom stereocenters. The monoisotopic (exact) mass is 290 g/mol. The molecule has 1 N–H and O–H groups in total. The van der Waals surface area contributed by atoms with Crippen molar-refractivity contribution in [3.63, 3.8) is 0 Å². The molecule has 21 heavy (non-hydrogen) atoms. The Balaban J connectivity index is 2.01. The second-order valence-corrected chi connectivity index (χ2v) is 5.63. The van der Waals surface area contributed by atoms with Crippen LogP contribution >= 0.6 is 0 Å². The summed E-state index contributed by atoms with van der Waals surface area (Å²) in [5.74, 6) is 1.81. The molecule has 0 aliphatic carbocycles. The van der Waals surface area contributed by atoms with Gasteiger partial charge in [0.2, 0.25) is 5.65 Å². The third-order valence-electron chi connectivity index (χ3n) is 3.67. The van der Waals surface area contributed by atoms with Gasteiger partial charge in [-0.1, -0.05) is 0 Å². The molecule has 6 nitrogen and oxygen atoms in total. The van der Waals surface area contributed by atoms with E-state index in [2.05, 4.69) is 16.5 Å². The van der Waals surface area contributed by atoms with Gasteiger partial charge in [0.1, 0.15) is 5.82 Å². The predicted octanol–water partition coefficient (Wildman–Crippen LogP) is 2.45. The van der Waals surface area contributed by atoms with Crippen LogP contribution < -0.4 is 10.1 Å². The zero-order chi connectivity index (χ0) is 14.8. The first kappa shape index (κ1) is 14.1. The highest BCUT2D eigenvalue weighted by molar-refractivity contribution is 5.55. The van der Waals surface area contributed by atoms with Crippen LogP contribution in [0.15, 0.2) is 12.4 Å². The van der Waals surface area contributed by atoms with Gasteiger partial charge < -0.3 is 14.8 Å². The molecule has 1 saturated heterocycles. The largest absolute Gasteiger partial charge is 0.472 e. The number of imidazole rings is 1. The minimum absolute atomic E-state index is 0.0663. The number of nitrogens with zero attached hydrogens (tertiary/aromatic N) is 3. The lowest BCUT2D eigenvalue weighted by Crippen LogP contribution is -2.14. The fourth-order valence-electron chi connectivity index (χ4n) is 2.60. The molecule has 0 bridgehead atoms. The summed E-state index contributed by atoms with van der Waals surface area (Å²) in [6, 6.07) is 0. The lowest BCUT2D eigenvalue weighted by atomic mass is 9.97. The molecular formula is C15H22N4O2. The lowest BCUT2D eigenvalue weighted by Gasteiger charge is -2.19. The third kappa shape index (κ3) is 2.95. The van der Waals surface area contributed by atoms with Crippen molar-refractivity contribution in [2.75, 3.05) is 25.6 Å². The maximum Gasteiger partial charge on any atom is 0.260 e. The van der Waals surface area contributed by atoms with Gasteiger partial charge in [0.05, 0.1) is 18.0 Å². The lowest BCUT2D eigenvalue weighted by molar-refractivity contribution is 0.0846. The number of nitrogens with one attached hydrogen (secondary N) is 1. The highest BCUT2D eigenvalue weighted by Crippen LogP contribution is 2.29. The molecule has 0 amide bonds. The maximum atomic E-state index is 5.81. The van der Waals surface area contributed by atoms with E-state index in [-0.39, 0.29) is 6.10 Å². The van der Waals surface area contributed by atoms with Crippen LogP contribution in [0, 0.1) is 0 Å². The van der Waals surface area contributed by atoms with Crippen LogP contribution in [0.25, 0.3) is 5.65 Å². The van der Waals surface area contributed by atoms with Gasteiger partial charge in [-0.3, -0.25) is 4.40 Å². The Morgan fingerprint density at radius 1 is 1.29 bits per heavy atom. The van der Waals surface area contributed by atoms with Gasteiger partial charge in [0.15, 0.2) is 0 Å². The van der Waals surface area contributed by atoms with E-state index >= 15 is 0 Å². The van der Waals surface area contributed by atoms with Crippen molar-refractivity contribution in [1.29, 1.82) is 0 Å². The van der Waals surface area contributed by atoms with E-state index in [1.54, 1.807) is 0 Å². The Morgan fingerprint density at radius 3 is 2.71 bits per heavy atom. The van der Waals surface area contributed by atoms with Crippen LogP contribution in [-0.2, 0) is 4.74 Å². The molecular weight excluding hydrogens is 268 g/mol. The summed E-state index contributed by atoms with van der Waals surface area (Å²) in [4.78, 5) is 9.23. The molecule has 1 aliphatic heterocycles. The summed E-state index contributed by atoms with van der Waals surface area (Å²) in [7, 11) is 1.85. The fourth-order valence-corrected chi connectivity index (χ4v) is 2.60. The van der Waals surface area contributed by atoms with E-state index < -0.39 is 0 Å². The topological polar surface area (TPSA) is 60.7 Å². The van der Waals surface area contributed by atoms with Crippen LogP contribution in [0.4, 0.5) is 5.82 Å². The molecule has 2 aromatic rings. The second kappa shape index (κ2) is 5.89. The normalized spacial score (nSPS) is 16.6. The van der Waals surface area contributed by atoms with Crippen LogP contribution in [0.2, 0.25) is 0 Å². The average Bonchev–Trinajstić information content (AvgIpc) is 2.91. The summed E-state index contributed by atoms with van der Waals surface area (Å²) < 4.78 is 13.2. The maximum absolute atomic E-state index is 5.81. The summed E-state index contributed by atoms with van der Waals surface area (Å²) in [6.07, 6.45) is 6.14. The molecule has 0 saturated carbocycles. The van der Waals surface area contributed by atoms with Gasteiger partial charge in [0.25, 0.3) is 5.88 Å². The first-order valence-electron chi connectivity index (χ1n) is 7.49. The summed E-state index contributed by atoms with van der Waals surface area (Å²) in [5.41, 5.74) is 1.88. The highest BCUT2D eigenvalue weighted by Gasteiger charge is 2.21. The van der Waals surface area contributed by atoms with E-state index in [1.165, 1.54) is 0 Å². The van der Waals surface area contributed by atoms with Gasteiger partial charge in [0, 0.05) is 32.4 Å². The van der Waals surface area contributed by atoms with Crippen molar-refractivity contribution in [3.05, 3.63) is 18.1 Å². The zero-order valence-corrected chi connectivity index (χ0v) is 12.8. The molecule has 6 heteroatoms. The molecule has 0 atom stereocenters. The van der Waals surface area contributed by atoms with Crippen LogP contribution in [0.5, 0.6) is 5.88 Å². The van der Waals surface area contributed by atoms with Crippen LogP contribution in [0.1, 0.15) is 38.3 Å². The predicted molar refractivity (Wildman–Crippen MR) is 81.1 cm³/mol. The molecule has 1 fully saturated rings. The number of hydrogen-bond acceptors (Lipinski definition) is 5. The molecule has 3 rings (SSSR count). The summed E-state index contributed by atoms with van der Waals surface area (Å²) >= 11 is 0. The fraction of sp³-hybridized carbons (Fsp3) is 0.600. The van der Waals surface area contributed by atoms with Crippen molar-refractivity contribution < 1.29 is 9.47 Å². The molecule has 3 heterocycles. The van der Waals surface area contributed by atoms with E-state index in [4.69, 9.17) is 14.5 Å². The number of ether oxygens (including phenoxy) is 2. The third-order valence-corrected chi connectivity index (χ3v) is 3.67. The Hall–Kier alpha value is -1.82. The van der Waals surface area contributed by atoms with Crippen LogP contribution in [0.3, 0.4) is 0 Å². The average molecular weight is 290 g/mol. The summed E-state index contributed by atoms with van der Waals surface area (Å²) in [6.45, 7) is 5.61. The van der Waals surface area contributed by atoms with Crippen LogP contribution in [-0.4, -0.2) is 40.7 Å². The van der Waals surface area contributed by atoms with Gasteiger partial charge in [-0.25, -0.2) is 4.98 Å². The minimum Gasteiger partial charge on any atom is -0.472 e. The van der Waals surface area contributed by atoms with Crippen molar-refractivity contribution in [2.24, 2.45) is 0 Å². The number of anilines is 1. The van der Waals surface area contributed by atoms with E-state index in [0.29, 0.717) is 11.8 Å². The van der Waals surface area contributed by atoms with E-state index in [9.17, 15) is 0 Å². The van der Waals surface area contributed by atoms with Crippen molar-refractivity contribution >= 4 is 11.5 Å². The minimum atomic E-state index is 0.0663. The van der Waals surface area contributed by atoms with Gasteiger partial charge in [-0.2, -0.15) is 4.98 Å². The Morgan fingerprint density at radius 2 is 2.05 bits per heavy atom. The number of rotatable bonds is 4. The second-order valence-electron chi connectivity index (χ2n) is 5.63. The SMILES string of the molecule is CNc1cn2cc(C3CCOCC3)nc2c(OC(C)C)n1. The zero-order valence-electron chi connectivity index (χ0n) is 12.8. The van der Waals surface area contributed by atoms with E-state index in [1.807, 2.05) is 31.5 Å². The molecule has 1 aliphatic rings. The Labute approximate surface area is 124 Å². The quantitative estimate of drug-likeness (QED) is 0.937. The molecule has 0 spiro atoms. The number of hydrogen-bond donors (Lipinski definition) is 1. The van der Waals surface area contributed by atoms with E-state index in [0.717, 1.165) is 43.2 Å². The number of fused-ring (bicyclic) bond motifs is 1. The van der Waals surface area contributed by atoms with Gasteiger partial charge in [-0.05, 0) is 26.7 Å². The van der Waals surface area contributed by atoms with Gasteiger partial charge in [-0.15, -0.1) is 0 Å². The molecule has 114 valence electrons. The Kier molecular flexibility index (Phi) is 3.96. The van der Waals surface area contributed by atoms with Crippen molar-refractivity contribution in [3.8, 4) is 5.88 Å². The molecule has 0 radical (unpaired) electrons. The molecule has 0 aromatic carbocycles. The summed E-state index contributed by atoms with van der Waals surface area (Å²) in [5, 5.41) is 3.06. The smallest absolute Gasteiger partial charge is 0.260 e. The first-order chi connectivity index (χ1) is 10.2.